The van der Waals surface area contributed by atoms with E-state index in [2.05, 4.69) is 9.72 Å². The molecule has 0 atom stereocenters. The molecule has 0 amide bonds. The third kappa shape index (κ3) is 3.25. The Hall–Kier alpha value is -3.86. The van der Waals surface area contributed by atoms with Crippen LogP contribution in [0, 0.1) is 0 Å². The molecule has 1 heterocycles. The summed E-state index contributed by atoms with van der Waals surface area (Å²) in [6.45, 7) is 0. The number of rotatable bonds is 4. The van der Waals surface area contributed by atoms with Crippen LogP contribution in [0.1, 0.15) is 10.5 Å². The molecule has 0 aliphatic rings. The molecule has 0 saturated heterocycles. The summed E-state index contributed by atoms with van der Waals surface area (Å²) in [5.41, 5.74) is 1.71. The number of methoxy groups -OCH3 is 1. The number of fused-ring (bicyclic) bond motifs is 1. The van der Waals surface area contributed by atoms with Gasteiger partial charge in [-0.1, -0.05) is 42.5 Å². The molecule has 4 rings (SSSR count). The number of para-hydroxylation sites is 2. The van der Waals surface area contributed by atoms with Crippen molar-refractivity contribution in [3.05, 3.63) is 84.7 Å². The molecule has 4 aromatic rings. The first-order valence-electron chi connectivity index (χ1n) is 8.69. The van der Waals surface area contributed by atoms with E-state index in [4.69, 9.17) is 4.74 Å². The maximum atomic E-state index is 11.7. The van der Waals surface area contributed by atoms with Crippen LogP contribution in [0.5, 0.6) is 17.2 Å². The van der Waals surface area contributed by atoms with E-state index in [-0.39, 0.29) is 11.4 Å². The van der Waals surface area contributed by atoms with Crippen LogP contribution in [0.15, 0.2) is 79.0 Å². The van der Waals surface area contributed by atoms with E-state index in [1.54, 1.807) is 12.3 Å². The highest BCUT2D eigenvalue weighted by Crippen LogP contribution is 2.36. The molecule has 0 fully saturated rings. The van der Waals surface area contributed by atoms with Crippen LogP contribution in [0.2, 0.25) is 0 Å². The Kier molecular flexibility index (Phi) is 4.64. The summed E-state index contributed by atoms with van der Waals surface area (Å²) >= 11 is 0. The minimum Gasteiger partial charge on any atom is -0.505 e. The van der Waals surface area contributed by atoms with E-state index in [9.17, 15) is 9.90 Å². The molecule has 5 nitrogen and oxygen atoms in total. The molecule has 0 radical (unpaired) electrons. The number of benzene rings is 3. The van der Waals surface area contributed by atoms with Crippen molar-refractivity contribution in [2.75, 3.05) is 7.11 Å². The zero-order valence-electron chi connectivity index (χ0n) is 15.1. The predicted molar refractivity (Wildman–Crippen MR) is 107 cm³/mol. The third-order valence-electron chi connectivity index (χ3n) is 4.41. The van der Waals surface area contributed by atoms with E-state index < -0.39 is 5.97 Å². The van der Waals surface area contributed by atoms with Crippen LogP contribution in [-0.4, -0.2) is 23.2 Å². The molecule has 0 bridgehead atoms. The topological polar surface area (TPSA) is 68.7 Å². The number of esters is 1. The Labute approximate surface area is 161 Å². The van der Waals surface area contributed by atoms with Gasteiger partial charge in [0.2, 0.25) is 0 Å². The molecule has 0 unspecified atom stereocenters. The lowest BCUT2D eigenvalue weighted by Crippen LogP contribution is -2.04. The zero-order valence-corrected chi connectivity index (χ0v) is 15.1. The molecule has 1 aromatic heterocycles. The number of hydrogen-bond donors (Lipinski definition) is 1. The maximum Gasteiger partial charge on any atom is 0.360 e. The molecule has 138 valence electrons. The average molecular weight is 371 g/mol. The zero-order chi connectivity index (χ0) is 19.5. The summed E-state index contributed by atoms with van der Waals surface area (Å²) < 4.78 is 10.7. The van der Waals surface area contributed by atoms with Gasteiger partial charge in [0.25, 0.3) is 0 Å². The van der Waals surface area contributed by atoms with Crippen LogP contribution >= 0.6 is 0 Å². The standard InChI is InChI=1S/C23H17NO4/c1-27-23(26)21-22(25)19-12-11-15(13-16(19)14-24-21)18-9-5-6-10-20(18)28-17-7-3-2-4-8-17/h2-14,25H,1H3. The summed E-state index contributed by atoms with van der Waals surface area (Å²) in [4.78, 5) is 15.8. The second-order valence-electron chi connectivity index (χ2n) is 6.16. The van der Waals surface area contributed by atoms with Gasteiger partial charge in [-0.3, -0.25) is 0 Å². The van der Waals surface area contributed by atoms with Gasteiger partial charge in [-0.15, -0.1) is 0 Å². The first-order chi connectivity index (χ1) is 13.7. The van der Waals surface area contributed by atoms with Gasteiger partial charge < -0.3 is 14.6 Å². The number of pyridine rings is 1. The number of ether oxygens (including phenoxy) is 2. The van der Waals surface area contributed by atoms with Gasteiger partial charge in [-0.05, 0) is 35.9 Å². The van der Waals surface area contributed by atoms with Crippen molar-refractivity contribution >= 4 is 16.7 Å². The Morgan fingerprint density at radius 2 is 1.71 bits per heavy atom. The Morgan fingerprint density at radius 1 is 0.964 bits per heavy atom. The number of hydrogen-bond acceptors (Lipinski definition) is 5. The lowest BCUT2D eigenvalue weighted by Gasteiger charge is -2.12. The number of carbonyl (C=O) groups is 1. The highest BCUT2D eigenvalue weighted by molar-refractivity contribution is 6.00. The van der Waals surface area contributed by atoms with Crippen LogP contribution in [0.25, 0.3) is 21.9 Å². The van der Waals surface area contributed by atoms with E-state index in [0.29, 0.717) is 10.8 Å². The number of nitrogens with zero attached hydrogens (tertiary/aromatic N) is 1. The highest BCUT2D eigenvalue weighted by Gasteiger charge is 2.17. The van der Waals surface area contributed by atoms with E-state index in [1.807, 2.05) is 66.7 Å². The molecule has 0 spiro atoms. The minimum absolute atomic E-state index is 0.101. The van der Waals surface area contributed by atoms with Gasteiger partial charge in [0, 0.05) is 22.5 Å². The van der Waals surface area contributed by atoms with Crippen LogP contribution in [0.3, 0.4) is 0 Å². The summed E-state index contributed by atoms with van der Waals surface area (Å²) in [6.07, 6.45) is 1.55. The minimum atomic E-state index is -0.676. The fraction of sp³-hybridized carbons (Fsp3) is 0.0435. The summed E-state index contributed by atoms with van der Waals surface area (Å²) in [5, 5.41) is 11.6. The van der Waals surface area contributed by atoms with Gasteiger partial charge in [-0.25, -0.2) is 9.78 Å². The van der Waals surface area contributed by atoms with Crippen molar-refractivity contribution in [2.24, 2.45) is 0 Å². The van der Waals surface area contributed by atoms with Gasteiger partial charge in [0.15, 0.2) is 11.4 Å². The smallest absolute Gasteiger partial charge is 0.360 e. The number of aromatic hydroxyl groups is 1. The lowest BCUT2D eigenvalue weighted by molar-refractivity contribution is 0.0591. The van der Waals surface area contributed by atoms with Crippen LogP contribution in [-0.2, 0) is 4.74 Å². The van der Waals surface area contributed by atoms with Crippen molar-refractivity contribution in [1.29, 1.82) is 0 Å². The largest absolute Gasteiger partial charge is 0.505 e. The Morgan fingerprint density at radius 3 is 2.50 bits per heavy atom. The Bertz CT molecular complexity index is 1160. The van der Waals surface area contributed by atoms with Crippen molar-refractivity contribution in [2.45, 2.75) is 0 Å². The molecule has 0 saturated carbocycles. The average Bonchev–Trinajstić information content (AvgIpc) is 2.74. The normalized spacial score (nSPS) is 10.6. The molecular weight excluding hydrogens is 354 g/mol. The first kappa shape index (κ1) is 17.5. The second kappa shape index (κ2) is 7.40. The predicted octanol–water partition coefficient (Wildman–Crippen LogP) is 5.19. The van der Waals surface area contributed by atoms with Crippen molar-refractivity contribution in [3.8, 4) is 28.4 Å². The molecule has 0 aliphatic carbocycles. The summed E-state index contributed by atoms with van der Waals surface area (Å²) in [7, 11) is 1.25. The molecular formula is C23H17NO4. The fourth-order valence-electron chi connectivity index (χ4n) is 3.03. The first-order valence-corrected chi connectivity index (χ1v) is 8.69. The Balaban J connectivity index is 1.77. The van der Waals surface area contributed by atoms with Gasteiger partial charge in [0.05, 0.1) is 7.11 Å². The monoisotopic (exact) mass is 371 g/mol. The van der Waals surface area contributed by atoms with Gasteiger partial charge in [-0.2, -0.15) is 0 Å². The van der Waals surface area contributed by atoms with Crippen molar-refractivity contribution < 1.29 is 19.4 Å². The SMILES string of the molecule is COC(=O)c1ncc2cc(-c3ccccc3Oc3ccccc3)ccc2c1O. The van der Waals surface area contributed by atoms with E-state index in [0.717, 1.165) is 22.6 Å². The third-order valence-corrected chi connectivity index (χ3v) is 4.41. The molecule has 5 heteroatoms. The fourth-order valence-corrected chi connectivity index (χ4v) is 3.03. The molecule has 28 heavy (non-hydrogen) atoms. The lowest BCUT2D eigenvalue weighted by atomic mass is 10.0. The number of carbonyl (C=O) groups excluding carboxylic acids is 1. The van der Waals surface area contributed by atoms with Gasteiger partial charge in [0.1, 0.15) is 11.5 Å². The molecule has 3 aromatic carbocycles. The van der Waals surface area contributed by atoms with Crippen molar-refractivity contribution in [3.63, 3.8) is 0 Å². The highest BCUT2D eigenvalue weighted by atomic mass is 16.5. The molecule has 1 N–H and O–H groups in total. The molecule has 0 aliphatic heterocycles. The quantitative estimate of drug-likeness (QED) is 0.500. The summed E-state index contributed by atoms with van der Waals surface area (Å²) in [5.74, 6) is 0.601. The van der Waals surface area contributed by atoms with E-state index in [1.165, 1.54) is 7.11 Å². The van der Waals surface area contributed by atoms with Gasteiger partial charge >= 0.3 is 5.97 Å². The second-order valence-corrected chi connectivity index (χ2v) is 6.16. The van der Waals surface area contributed by atoms with E-state index >= 15 is 0 Å². The maximum absolute atomic E-state index is 11.7. The van der Waals surface area contributed by atoms with Crippen LogP contribution < -0.4 is 4.74 Å². The van der Waals surface area contributed by atoms with Crippen LogP contribution in [0.4, 0.5) is 0 Å². The van der Waals surface area contributed by atoms with Crippen molar-refractivity contribution in [1.82, 2.24) is 4.98 Å². The summed E-state index contributed by atoms with van der Waals surface area (Å²) in [6, 6.07) is 22.8. The number of aromatic nitrogens is 1.